The first kappa shape index (κ1) is 11.6. The van der Waals surface area contributed by atoms with Crippen LogP contribution in [0.2, 0.25) is 0 Å². The van der Waals surface area contributed by atoms with Crippen LogP contribution >= 0.6 is 11.3 Å². The summed E-state index contributed by atoms with van der Waals surface area (Å²) in [6.45, 7) is 3.88. The molecule has 0 unspecified atom stereocenters. The van der Waals surface area contributed by atoms with Gasteiger partial charge in [0.25, 0.3) is 0 Å². The highest BCUT2D eigenvalue weighted by Gasteiger charge is 2.09. The van der Waals surface area contributed by atoms with E-state index in [0.717, 1.165) is 10.6 Å². The van der Waals surface area contributed by atoms with E-state index in [0.29, 0.717) is 10.9 Å². The zero-order chi connectivity index (χ0) is 12.4. The lowest BCUT2D eigenvalue weighted by molar-refractivity contribution is 0.262. The monoisotopic (exact) mass is 251 g/mol. The van der Waals surface area contributed by atoms with Crippen molar-refractivity contribution < 1.29 is 4.79 Å². The first-order valence-corrected chi connectivity index (χ1v) is 5.88. The van der Waals surface area contributed by atoms with Crippen LogP contribution in [-0.2, 0) is 7.05 Å². The van der Waals surface area contributed by atoms with Gasteiger partial charge in [-0.2, -0.15) is 5.10 Å². The molecule has 0 saturated heterocycles. The number of carbonyl (C=O) groups is 1. The van der Waals surface area contributed by atoms with Crippen molar-refractivity contribution in [2.45, 2.75) is 13.8 Å². The first-order chi connectivity index (χ1) is 8.06. The summed E-state index contributed by atoms with van der Waals surface area (Å²) in [6.07, 6.45) is 1.62. The van der Waals surface area contributed by atoms with Gasteiger partial charge < -0.3 is 0 Å². The summed E-state index contributed by atoms with van der Waals surface area (Å²) in [5, 5.41) is 9.92. The van der Waals surface area contributed by atoms with E-state index < -0.39 is 0 Å². The third-order valence-corrected chi connectivity index (χ3v) is 3.30. The maximum absolute atomic E-state index is 11.7. The van der Waals surface area contributed by atoms with Crippen molar-refractivity contribution in [3.05, 3.63) is 22.8 Å². The minimum Gasteiger partial charge on any atom is -0.292 e. The Balaban J connectivity index is 2.00. The van der Waals surface area contributed by atoms with Crippen molar-refractivity contribution in [1.29, 1.82) is 0 Å². The predicted molar refractivity (Wildman–Crippen MR) is 67.4 cm³/mol. The number of aromatic nitrogens is 3. The van der Waals surface area contributed by atoms with Gasteiger partial charge in [-0.25, -0.2) is 9.78 Å². The van der Waals surface area contributed by atoms with Crippen LogP contribution < -0.4 is 10.6 Å². The zero-order valence-corrected chi connectivity index (χ0v) is 10.6. The normalized spacial score (nSPS) is 10.3. The molecule has 0 aliphatic carbocycles. The van der Waals surface area contributed by atoms with Gasteiger partial charge in [0, 0.05) is 18.0 Å². The summed E-state index contributed by atoms with van der Waals surface area (Å²) in [5.74, 6) is 0.632. The fraction of sp³-hybridized carbons (Fsp3) is 0.300. The SMILES string of the molecule is Cc1nc(NC(=O)Nc2ccnn2C)sc1C. The number of hydrogen-bond donors (Lipinski definition) is 2. The minimum absolute atomic E-state index is 0.317. The van der Waals surface area contributed by atoms with Crippen LogP contribution in [-0.4, -0.2) is 20.8 Å². The van der Waals surface area contributed by atoms with Crippen molar-refractivity contribution in [1.82, 2.24) is 14.8 Å². The molecule has 0 fully saturated rings. The van der Waals surface area contributed by atoms with Crippen LogP contribution in [0.1, 0.15) is 10.6 Å². The zero-order valence-electron chi connectivity index (χ0n) is 9.81. The minimum atomic E-state index is -0.317. The second-order valence-electron chi connectivity index (χ2n) is 3.58. The van der Waals surface area contributed by atoms with Crippen LogP contribution in [0.15, 0.2) is 12.3 Å². The molecule has 0 aliphatic heterocycles. The molecule has 6 nitrogen and oxygen atoms in total. The van der Waals surface area contributed by atoms with Crippen molar-refractivity contribution in [3.63, 3.8) is 0 Å². The quantitative estimate of drug-likeness (QED) is 0.859. The molecule has 90 valence electrons. The van der Waals surface area contributed by atoms with Gasteiger partial charge in [-0.1, -0.05) is 0 Å². The summed E-state index contributed by atoms with van der Waals surface area (Å²) >= 11 is 1.45. The standard InChI is InChI=1S/C10H13N5OS/c1-6-7(2)17-10(12-6)14-9(16)13-8-4-5-11-15(8)3/h4-5H,1-3H3,(H2,12,13,14,16). The molecule has 2 amide bonds. The lowest BCUT2D eigenvalue weighted by atomic mass is 10.4. The van der Waals surface area contributed by atoms with Crippen molar-refractivity contribution in [3.8, 4) is 0 Å². The van der Waals surface area contributed by atoms with E-state index in [1.165, 1.54) is 11.3 Å². The van der Waals surface area contributed by atoms with Gasteiger partial charge in [0.1, 0.15) is 5.82 Å². The second-order valence-corrected chi connectivity index (χ2v) is 4.78. The van der Waals surface area contributed by atoms with E-state index in [2.05, 4.69) is 20.7 Å². The third-order valence-electron chi connectivity index (χ3n) is 2.31. The molecule has 0 atom stereocenters. The van der Waals surface area contributed by atoms with E-state index in [4.69, 9.17) is 0 Å². The summed E-state index contributed by atoms with van der Waals surface area (Å²) in [4.78, 5) is 17.0. The first-order valence-electron chi connectivity index (χ1n) is 5.06. The average Bonchev–Trinajstić information content (AvgIpc) is 2.76. The predicted octanol–water partition coefficient (Wildman–Crippen LogP) is 2.14. The molecule has 0 bridgehead atoms. The number of urea groups is 1. The number of thiazole rings is 1. The Morgan fingerprint density at radius 1 is 1.41 bits per heavy atom. The largest absolute Gasteiger partial charge is 0.326 e. The Morgan fingerprint density at radius 3 is 2.71 bits per heavy atom. The van der Waals surface area contributed by atoms with Crippen molar-refractivity contribution >= 4 is 28.3 Å². The van der Waals surface area contributed by atoms with Gasteiger partial charge in [-0.05, 0) is 13.8 Å². The molecule has 0 aliphatic rings. The smallest absolute Gasteiger partial charge is 0.292 e. The van der Waals surface area contributed by atoms with Gasteiger partial charge in [0.05, 0.1) is 11.9 Å². The maximum atomic E-state index is 11.7. The van der Waals surface area contributed by atoms with Gasteiger partial charge in [-0.15, -0.1) is 11.3 Å². The van der Waals surface area contributed by atoms with E-state index in [1.54, 1.807) is 24.0 Å². The summed E-state index contributed by atoms with van der Waals surface area (Å²) in [5.41, 5.74) is 0.936. The van der Waals surface area contributed by atoms with Gasteiger partial charge >= 0.3 is 6.03 Å². The van der Waals surface area contributed by atoms with E-state index in [9.17, 15) is 4.79 Å². The number of carbonyl (C=O) groups excluding carboxylic acids is 1. The number of anilines is 2. The van der Waals surface area contributed by atoms with E-state index in [1.807, 2.05) is 13.8 Å². The molecule has 0 saturated carbocycles. The Hall–Kier alpha value is -1.89. The highest BCUT2D eigenvalue weighted by molar-refractivity contribution is 7.15. The molecule has 2 rings (SSSR count). The maximum Gasteiger partial charge on any atom is 0.326 e. The molecule has 2 aromatic rings. The van der Waals surface area contributed by atoms with Crippen molar-refractivity contribution in [2.24, 2.45) is 7.05 Å². The average molecular weight is 251 g/mol. The lowest BCUT2D eigenvalue weighted by Gasteiger charge is -2.04. The molecule has 0 aromatic carbocycles. The number of nitrogens with one attached hydrogen (secondary N) is 2. The van der Waals surface area contributed by atoms with Crippen LogP contribution in [0.25, 0.3) is 0 Å². The van der Waals surface area contributed by atoms with E-state index >= 15 is 0 Å². The summed E-state index contributed by atoms with van der Waals surface area (Å²) < 4.78 is 1.58. The Labute approximate surface area is 103 Å². The molecule has 0 spiro atoms. The van der Waals surface area contributed by atoms with Crippen LogP contribution in [0.3, 0.4) is 0 Å². The Kier molecular flexibility index (Phi) is 3.10. The lowest BCUT2D eigenvalue weighted by Crippen LogP contribution is -2.20. The highest BCUT2D eigenvalue weighted by Crippen LogP contribution is 2.21. The molecule has 2 N–H and O–H groups in total. The van der Waals surface area contributed by atoms with E-state index in [-0.39, 0.29) is 6.03 Å². The summed E-state index contributed by atoms with van der Waals surface area (Å²) in [6, 6.07) is 1.40. The fourth-order valence-electron chi connectivity index (χ4n) is 1.27. The Bertz CT molecular complexity index is 525. The van der Waals surface area contributed by atoms with Gasteiger partial charge in [-0.3, -0.25) is 15.3 Å². The molecule has 17 heavy (non-hydrogen) atoms. The molecular formula is C10H13N5OS. The molecule has 0 radical (unpaired) electrons. The highest BCUT2D eigenvalue weighted by atomic mass is 32.1. The number of nitrogens with zero attached hydrogens (tertiary/aromatic N) is 3. The van der Waals surface area contributed by atoms with Crippen LogP contribution in [0.4, 0.5) is 15.7 Å². The molecule has 7 heteroatoms. The number of aryl methyl sites for hydroxylation is 3. The second kappa shape index (κ2) is 4.54. The number of hydrogen-bond acceptors (Lipinski definition) is 4. The Morgan fingerprint density at radius 2 is 2.18 bits per heavy atom. The number of amides is 2. The van der Waals surface area contributed by atoms with Crippen LogP contribution in [0, 0.1) is 13.8 Å². The molecular weight excluding hydrogens is 238 g/mol. The van der Waals surface area contributed by atoms with Crippen LogP contribution in [0.5, 0.6) is 0 Å². The summed E-state index contributed by atoms with van der Waals surface area (Å²) in [7, 11) is 1.76. The van der Waals surface area contributed by atoms with Gasteiger partial charge in [0.15, 0.2) is 5.13 Å². The topological polar surface area (TPSA) is 71.8 Å². The van der Waals surface area contributed by atoms with Crippen molar-refractivity contribution in [2.75, 3.05) is 10.6 Å². The third kappa shape index (κ3) is 2.62. The fourth-order valence-corrected chi connectivity index (χ4v) is 2.08. The number of rotatable bonds is 2. The molecule has 2 heterocycles. The van der Waals surface area contributed by atoms with Gasteiger partial charge in [0.2, 0.25) is 0 Å². The molecule has 2 aromatic heterocycles.